The summed E-state index contributed by atoms with van der Waals surface area (Å²) in [5.74, 6) is -1.69. The van der Waals surface area contributed by atoms with Crippen LogP contribution < -0.4 is 74.8 Å². The number of benzene rings is 2. The second kappa shape index (κ2) is 11.8. The van der Waals surface area contributed by atoms with E-state index in [4.69, 9.17) is 23.2 Å². The van der Waals surface area contributed by atoms with Crippen molar-refractivity contribution in [2.24, 2.45) is 5.10 Å². The maximum atomic E-state index is 11.4. The summed E-state index contributed by atoms with van der Waals surface area (Å²) in [6, 6.07) is 7.34. The van der Waals surface area contributed by atoms with Crippen molar-refractivity contribution in [2.75, 3.05) is 10.5 Å². The molecule has 0 unspecified atom stereocenters. The zero-order valence-corrected chi connectivity index (χ0v) is 21.5. The van der Waals surface area contributed by atoms with Crippen molar-refractivity contribution in [2.45, 2.75) is 11.8 Å². The second-order valence-electron chi connectivity index (χ2n) is 4.84. The van der Waals surface area contributed by atoms with Crippen molar-refractivity contribution < 1.29 is 82.0 Å². The number of anilines is 2. The van der Waals surface area contributed by atoms with Crippen molar-refractivity contribution in [3.8, 4) is 0 Å². The number of rotatable bonds is 6. The first-order valence-corrected chi connectivity index (χ1v) is 9.11. The number of hydrogen-bond acceptors (Lipinski definition) is 8. The Morgan fingerprint density at radius 1 is 1.18 bits per heavy atom. The van der Waals surface area contributed by atoms with Crippen LogP contribution in [-0.2, 0) is 10.1 Å². The Balaban J connectivity index is 0.00000364. The third-order valence-electron chi connectivity index (χ3n) is 3.09. The van der Waals surface area contributed by atoms with Crippen LogP contribution >= 0.6 is 23.2 Å². The van der Waals surface area contributed by atoms with Gasteiger partial charge < -0.3 is 14.5 Å². The van der Waals surface area contributed by atoms with Crippen LogP contribution in [0.5, 0.6) is 0 Å². The molecule has 28 heavy (non-hydrogen) atoms. The molecule has 2 rings (SSSR count). The van der Waals surface area contributed by atoms with Crippen LogP contribution in [0.1, 0.15) is 17.3 Å². The van der Waals surface area contributed by atoms with Gasteiger partial charge in [-0.1, -0.05) is 23.2 Å². The average molecular weight is 462 g/mol. The first kappa shape index (κ1) is 27.7. The molecule has 0 fully saturated rings. The molecule has 0 aliphatic heterocycles. The zero-order chi connectivity index (χ0) is 19.5. The minimum absolute atomic E-state index is 0. The normalized spacial score (nSPS) is 10.7. The number of halogens is 2. The van der Waals surface area contributed by atoms with Gasteiger partial charge in [0.25, 0.3) is 0 Å². The Morgan fingerprint density at radius 2 is 1.82 bits per heavy atom. The number of nitrogens with zero attached hydrogens (tertiary/aromatic N) is 2. The monoisotopic (exact) mass is 461 g/mol. The second-order valence-corrected chi connectivity index (χ2v) is 7.07. The minimum atomic E-state index is -4.84. The smallest absolute Gasteiger partial charge is 0.744 e. The molecular formula is C15H11Cl2N3Na2O5S. The van der Waals surface area contributed by atoms with E-state index >= 15 is 0 Å². The standard InChI is InChI=1S/C15H13Cl2N3O5S.2Na/c1-2-18-20(19-13-5-3-9(16)7-12(13)17)14-6-4-10(26(23,24)25)8-11(14)15(21)22;;/h2-8,19H,1H3,(H,21,22)(H,23,24,25);;/q;2*+1/p-2. The van der Waals surface area contributed by atoms with Crippen molar-refractivity contribution in [1.29, 1.82) is 0 Å². The summed E-state index contributed by atoms with van der Waals surface area (Å²) in [6.45, 7) is 1.58. The minimum Gasteiger partial charge on any atom is -0.744 e. The van der Waals surface area contributed by atoms with Crippen LogP contribution in [0.4, 0.5) is 11.4 Å². The summed E-state index contributed by atoms with van der Waals surface area (Å²) in [6.07, 6.45) is 1.36. The summed E-state index contributed by atoms with van der Waals surface area (Å²) < 4.78 is 33.4. The fourth-order valence-electron chi connectivity index (χ4n) is 1.98. The van der Waals surface area contributed by atoms with E-state index in [1.807, 2.05) is 0 Å². The number of nitrogens with one attached hydrogen (secondary N) is 1. The van der Waals surface area contributed by atoms with E-state index in [1.54, 1.807) is 13.0 Å². The number of carbonyl (C=O) groups excluding carboxylic acids is 1. The molecule has 0 amide bonds. The van der Waals surface area contributed by atoms with E-state index in [0.717, 1.165) is 17.3 Å². The molecule has 0 spiro atoms. The Bertz CT molecular complexity index is 990. The van der Waals surface area contributed by atoms with Gasteiger partial charge in [0, 0.05) is 16.8 Å². The summed E-state index contributed by atoms with van der Waals surface area (Å²) in [5.41, 5.74) is 2.51. The van der Waals surface area contributed by atoms with Gasteiger partial charge in [0.1, 0.15) is 10.1 Å². The van der Waals surface area contributed by atoms with E-state index < -0.39 is 26.5 Å². The Hall–Kier alpha value is -0.330. The Kier molecular flexibility index (Phi) is 11.6. The number of aromatic carboxylic acids is 1. The number of carbonyl (C=O) groups is 1. The molecule has 0 saturated carbocycles. The third-order valence-corrected chi connectivity index (χ3v) is 4.47. The number of carboxylic acids is 1. The predicted octanol–water partition coefficient (Wildman–Crippen LogP) is -3.89. The molecule has 1 N–H and O–H groups in total. The molecule has 0 bridgehead atoms. The molecule has 8 nitrogen and oxygen atoms in total. The number of hydrogen-bond donors (Lipinski definition) is 1. The van der Waals surface area contributed by atoms with Crippen molar-refractivity contribution in [1.82, 2.24) is 0 Å². The first-order chi connectivity index (χ1) is 12.1. The number of carboxylic acid groups (broad SMARTS) is 1. The molecule has 0 aliphatic rings. The molecule has 0 radical (unpaired) electrons. The van der Waals surface area contributed by atoms with Gasteiger partial charge in [0.2, 0.25) is 0 Å². The summed E-state index contributed by atoms with van der Waals surface area (Å²) in [5, 5.41) is 17.1. The molecule has 13 heteroatoms. The van der Waals surface area contributed by atoms with Gasteiger partial charge in [-0.3, -0.25) is 5.43 Å². The molecular weight excluding hydrogens is 451 g/mol. The van der Waals surface area contributed by atoms with E-state index in [2.05, 4.69) is 10.5 Å². The predicted molar refractivity (Wildman–Crippen MR) is 95.5 cm³/mol. The maximum Gasteiger partial charge on any atom is 1.00 e. The summed E-state index contributed by atoms with van der Waals surface area (Å²) >= 11 is 11.9. The fourth-order valence-corrected chi connectivity index (χ4v) is 2.93. The van der Waals surface area contributed by atoms with Crippen LogP contribution in [0, 0.1) is 0 Å². The van der Waals surface area contributed by atoms with Crippen molar-refractivity contribution in [3.05, 3.63) is 52.0 Å². The van der Waals surface area contributed by atoms with E-state index in [0.29, 0.717) is 16.8 Å². The van der Waals surface area contributed by atoms with Crippen LogP contribution in [0.2, 0.25) is 10.0 Å². The van der Waals surface area contributed by atoms with Crippen molar-refractivity contribution >= 4 is 56.9 Å². The van der Waals surface area contributed by atoms with Gasteiger partial charge in [0.05, 0.1) is 27.3 Å². The largest absolute Gasteiger partial charge is 1.00 e. The quantitative estimate of drug-likeness (QED) is 0.202. The summed E-state index contributed by atoms with van der Waals surface area (Å²) in [7, 11) is -4.84. The molecule has 0 heterocycles. The van der Waals surface area contributed by atoms with Crippen LogP contribution in [0.25, 0.3) is 0 Å². The molecule has 2 aromatic rings. The zero-order valence-electron chi connectivity index (χ0n) is 15.1. The molecule has 0 aromatic heterocycles. The van der Waals surface area contributed by atoms with Gasteiger partial charge >= 0.3 is 59.1 Å². The van der Waals surface area contributed by atoms with Crippen LogP contribution in [-0.4, -0.2) is 25.2 Å². The topological polar surface area (TPSA) is 125 Å². The van der Waals surface area contributed by atoms with Crippen molar-refractivity contribution in [3.63, 3.8) is 0 Å². The van der Waals surface area contributed by atoms with E-state index in [-0.39, 0.29) is 69.8 Å². The van der Waals surface area contributed by atoms with Gasteiger partial charge in [-0.25, -0.2) is 8.42 Å². The third kappa shape index (κ3) is 7.17. The molecule has 2 aromatic carbocycles. The van der Waals surface area contributed by atoms with E-state index in [1.165, 1.54) is 18.3 Å². The van der Waals surface area contributed by atoms with Crippen LogP contribution in [0.15, 0.2) is 46.4 Å². The molecule has 0 atom stereocenters. The molecule has 138 valence electrons. The first-order valence-electron chi connectivity index (χ1n) is 6.95. The molecule has 0 saturated heterocycles. The maximum absolute atomic E-state index is 11.4. The van der Waals surface area contributed by atoms with Gasteiger partial charge in [0.15, 0.2) is 0 Å². The Labute approximate surface area is 216 Å². The van der Waals surface area contributed by atoms with Gasteiger partial charge in [-0.05, 0) is 43.3 Å². The molecule has 0 aliphatic carbocycles. The van der Waals surface area contributed by atoms with Gasteiger partial charge in [-0.15, -0.1) is 0 Å². The fraction of sp³-hybridized carbons (Fsp3) is 0.0667. The summed E-state index contributed by atoms with van der Waals surface area (Å²) in [4.78, 5) is 10.7. The SMILES string of the molecule is CC=NN(Nc1ccc(Cl)cc1Cl)c1ccc(S(=O)(=O)[O-])cc1C(=O)[O-].[Na+].[Na+]. The van der Waals surface area contributed by atoms with Crippen LogP contribution in [0.3, 0.4) is 0 Å². The Morgan fingerprint density at radius 3 is 2.32 bits per heavy atom. The van der Waals surface area contributed by atoms with E-state index in [9.17, 15) is 22.9 Å². The number of hydrazine groups is 1. The number of hydrazone groups is 1. The van der Waals surface area contributed by atoms with Gasteiger partial charge in [-0.2, -0.15) is 10.2 Å². The average Bonchev–Trinajstić information content (AvgIpc) is 2.55.